The Balaban J connectivity index is 1.79. The van der Waals surface area contributed by atoms with Crippen LogP contribution in [-0.2, 0) is 23.6 Å². The van der Waals surface area contributed by atoms with Gasteiger partial charge in [-0.15, -0.1) is 0 Å². The minimum atomic E-state index is -5.04. The van der Waals surface area contributed by atoms with Crippen LogP contribution in [0.25, 0.3) is 5.69 Å². The summed E-state index contributed by atoms with van der Waals surface area (Å²) in [4.78, 5) is 12.1. The van der Waals surface area contributed by atoms with Crippen molar-refractivity contribution in [2.45, 2.75) is 18.8 Å². The molecule has 0 saturated heterocycles. The zero-order valence-corrected chi connectivity index (χ0v) is 15.6. The molecule has 1 aromatic heterocycles. The fourth-order valence-electron chi connectivity index (χ4n) is 2.60. The molecule has 158 valence electrons. The first-order chi connectivity index (χ1) is 13.9. The lowest BCUT2D eigenvalue weighted by Gasteiger charge is -2.11. The third-order valence-electron chi connectivity index (χ3n) is 3.96. The maximum atomic E-state index is 13.1. The Hall–Kier alpha value is -3.01. The number of nitrogens with zero attached hydrogens (tertiary/aromatic N) is 2. The molecule has 0 bridgehead atoms. The van der Waals surface area contributed by atoms with Gasteiger partial charge in [-0.2, -0.15) is 31.4 Å². The number of carbonyl (C=O) groups excluding carboxylic acids is 1. The summed E-state index contributed by atoms with van der Waals surface area (Å²) < 4.78 is 77.9. The molecule has 0 atom stereocenters. The number of hydrogen-bond donors (Lipinski definition) is 1. The van der Waals surface area contributed by atoms with E-state index in [1.807, 2.05) is 0 Å². The largest absolute Gasteiger partial charge is 0.435 e. The molecule has 3 rings (SSSR count). The molecule has 2 aromatic carbocycles. The maximum absolute atomic E-state index is 13.1. The molecule has 0 aliphatic carbocycles. The number of alkyl halides is 6. The third-order valence-corrected chi connectivity index (χ3v) is 4.22. The van der Waals surface area contributed by atoms with Crippen molar-refractivity contribution < 1.29 is 31.1 Å². The van der Waals surface area contributed by atoms with E-state index in [0.29, 0.717) is 10.6 Å². The van der Waals surface area contributed by atoms with Crippen LogP contribution in [0.3, 0.4) is 0 Å². The number of halogens is 7. The van der Waals surface area contributed by atoms with Crippen LogP contribution in [-0.4, -0.2) is 15.7 Å². The lowest BCUT2D eigenvalue weighted by molar-refractivity contribution is -0.143. The summed E-state index contributed by atoms with van der Waals surface area (Å²) in [7, 11) is 0. The Morgan fingerprint density at radius 2 is 1.53 bits per heavy atom. The van der Waals surface area contributed by atoms with E-state index in [2.05, 4.69) is 10.4 Å². The minimum absolute atomic E-state index is 0.0330. The van der Waals surface area contributed by atoms with Gasteiger partial charge in [0.1, 0.15) is 5.69 Å². The first kappa shape index (κ1) is 21.7. The average molecular weight is 448 g/mol. The molecule has 3 aromatic rings. The zero-order chi connectivity index (χ0) is 22.1. The number of benzene rings is 2. The van der Waals surface area contributed by atoms with Crippen molar-refractivity contribution in [3.63, 3.8) is 0 Å². The van der Waals surface area contributed by atoms with Crippen LogP contribution in [0.1, 0.15) is 17.0 Å². The Kier molecular flexibility index (Phi) is 5.80. The summed E-state index contributed by atoms with van der Waals surface area (Å²) in [5.74, 6) is -0.389. The van der Waals surface area contributed by atoms with E-state index in [4.69, 9.17) is 11.6 Å². The molecule has 0 spiro atoms. The van der Waals surface area contributed by atoms with E-state index in [1.54, 1.807) is 24.3 Å². The van der Waals surface area contributed by atoms with Gasteiger partial charge < -0.3 is 5.32 Å². The summed E-state index contributed by atoms with van der Waals surface area (Å²) >= 11 is 5.77. The monoisotopic (exact) mass is 447 g/mol. The zero-order valence-electron chi connectivity index (χ0n) is 14.9. The first-order valence-electron chi connectivity index (χ1n) is 8.33. The topological polar surface area (TPSA) is 46.9 Å². The molecule has 4 nitrogen and oxygen atoms in total. The SMILES string of the molecule is O=C(Cc1ccc(Cl)cc1)Nc1ccc(-n2nc(C(F)(F)F)cc2C(F)(F)F)cc1. The highest BCUT2D eigenvalue weighted by atomic mass is 35.5. The summed E-state index contributed by atoms with van der Waals surface area (Å²) in [5, 5.41) is 6.11. The molecule has 0 unspecified atom stereocenters. The summed E-state index contributed by atoms with van der Waals surface area (Å²) in [6, 6.07) is 11.3. The molecule has 0 radical (unpaired) electrons. The van der Waals surface area contributed by atoms with Gasteiger partial charge in [-0.1, -0.05) is 23.7 Å². The smallest absolute Gasteiger partial charge is 0.326 e. The van der Waals surface area contributed by atoms with Gasteiger partial charge in [0.15, 0.2) is 5.69 Å². The van der Waals surface area contributed by atoms with Crippen molar-refractivity contribution in [1.82, 2.24) is 9.78 Å². The Bertz CT molecular complexity index is 1040. The van der Waals surface area contributed by atoms with Crippen molar-refractivity contribution in [2.24, 2.45) is 0 Å². The second-order valence-electron chi connectivity index (χ2n) is 6.22. The number of rotatable bonds is 4. The average Bonchev–Trinajstić information content (AvgIpc) is 3.10. The van der Waals surface area contributed by atoms with Crippen molar-refractivity contribution >= 4 is 23.2 Å². The highest BCUT2D eigenvalue weighted by Crippen LogP contribution is 2.36. The molecule has 0 aliphatic heterocycles. The molecule has 11 heteroatoms. The van der Waals surface area contributed by atoms with Crippen LogP contribution in [0.4, 0.5) is 32.0 Å². The van der Waals surface area contributed by atoms with E-state index in [-0.39, 0.29) is 34.5 Å². The Morgan fingerprint density at radius 1 is 0.933 bits per heavy atom. The number of carbonyl (C=O) groups is 1. The number of nitrogens with one attached hydrogen (secondary N) is 1. The highest BCUT2D eigenvalue weighted by molar-refractivity contribution is 6.30. The van der Waals surface area contributed by atoms with E-state index < -0.39 is 23.7 Å². The maximum Gasteiger partial charge on any atom is 0.435 e. The van der Waals surface area contributed by atoms with E-state index in [9.17, 15) is 31.1 Å². The predicted molar refractivity (Wildman–Crippen MR) is 97.4 cm³/mol. The second-order valence-corrected chi connectivity index (χ2v) is 6.66. The summed E-state index contributed by atoms with van der Waals surface area (Å²) in [5.41, 5.74) is -2.51. The molecule has 30 heavy (non-hydrogen) atoms. The van der Waals surface area contributed by atoms with Crippen molar-refractivity contribution in [3.05, 3.63) is 76.6 Å². The van der Waals surface area contributed by atoms with Crippen LogP contribution in [0, 0.1) is 0 Å². The summed E-state index contributed by atoms with van der Waals surface area (Å²) in [6.07, 6.45) is -10.0. The van der Waals surface area contributed by atoms with Gasteiger partial charge in [0.2, 0.25) is 5.91 Å². The lowest BCUT2D eigenvalue weighted by Crippen LogP contribution is -2.15. The van der Waals surface area contributed by atoms with Gasteiger partial charge in [0, 0.05) is 16.8 Å². The quantitative estimate of drug-likeness (QED) is 0.518. The Morgan fingerprint density at radius 3 is 2.07 bits per heavy atom. The van der Waals surface area contributed by atoms with Gasteiger partial charge in [-0.3, -0.25) is 4.79 Å². The molecule has 0 saturated carbocycles. The minimum Gasteiger partial charge on any atom is -0.326 e. The number of hydrogen-bond acceptors (Lipinski definition) is 2. The van der Waals surface area contributed by atoms with Crippen molar-refractivity contribution in [3.8, 4) is 5.69 Å². The molecule has 1 amide bonds. The Labute approximate surface area is 171 Å². The normalized spacial score (nSPS) is 12.1. The van der Waals surface area contributed by atoms with Gasteiger partial charge in [0.25, 0.3) is 0 Å². The lowest BCUT2D eigenvalue weighted by atomic mass is 10.1. The van der Waals surface area contributed by atoms with E-state index >= 15 is 0 Å². The predicted octanol–water partition coefficient (Wildman–Crippen LogP) is 5.74. The fraction of sp³-hybridized carbons (Fsp3) is 0.158. The molecule has 0 fully saturated rings. The molecular formula is C19H12ClF6N3O. The van der Waals surface area contributed by atoms with Crippen LogP contribution in [0.5, 0.6) is 0 Å². The molecule has 1 heterocycles. The second kappa shape index (κ2) is 8.02. The summed E-state index contributed by atoms with van der Waals surface area (Å²) in [6.45, 7) is 0. The van der Waals surface area contributed by atoms with E-state index in [0.717, 1.165) is 12.1 Å². The van der Waals surface area contributed by atoms with Gasteiger partial charge in [0.05, 0.1) is 12.1 Å². The molecule has 0 aliphatic rings. The first-order valence-corrected chi connectivity index (χ1v) is 8.70. The fourth-order valence-corrected chi connectivity index (χ4v) is 2.72. The van der Waals surface area contributed by atoms with Gasteiger partial charge in [-0.25, -0.2) is 4.68 Å². The van der Waals surface area contributed by atoms with Crippen LogP contribution in [0.2, 0.25) is 5.02 Å². The van der Waals surface area contributed by atoms with Crippen molar-refractivity contribution in [2.75, 3.05) is 5.32 Å². The van der Waals surface area contributed by atoms with Gasteiger partial charge >= 0.3 is 12.4 Å². The highest BCUT2D eigenvalue weighted by Gasteiger charge is 2.42. The van der Waals surface area contributed by atoms with Gasteiger partial charge in [-0.05, 0) is 42.0 Å². The number of aromatic nitrogens is 2. The van der Waals surface area contributed by atoms with Crippen LogP contribution in [0.15, 0.2) is 54.6 Å². The van der Waals surface area contributed by atoms with Crippen molar-refractivity contribution in [1.29, 1.82) is 0 Å². The molecular weight excluding hydrogens is 436 g/mol. The standard InChI is InChI=1S/C19H12ClF6N3O/c20-12-3-1-11(2-4-12)9-17(30)27-13-5-7-14(8-6-13)29-16(19(24,25)26)10-15(28-29)18(21,22)23/h1-8,10H,9H2,(H,27,30). The van der Waals surface area contributed by atoms with Crippen LogP contribution < -0.4 is 5.32 Å². The third kappa shape index (κ3) is 5.12. The van der Waals surface area contributed by atoms with Crippen LogP contribution >= 0.6 is 11.6 Å². The molecule has 1 N–H and O–H groups in total. The number of amides is 1. The number of anilines is 1. The van der Waals surface area contributed by atoms with E-state index in [1.165, 1.54) is 12.1 Å².